The summed E-state index contributed by atoms with van der Waals surface area (Å²) in [5, 5.41) is 0.259. The number of anilines is 1. The Kier molecular flexibility index (Phi) is 7.26. The van der Waals surface area contributed by atoms with Crippen LogP contribution in [0.2, 0.25) is 5.02 Å². The number of likely N-dealkylation sites (tertiary alicyclic amines) is 1. The molecule has 1 saturated heterocycles. The Balaban J connectivity index is 1.54. The first kappa shape index (κ1) is 22.4. The summed E-state index contributed by atoms with van der Waals surface area (Å²) in [6, 6.07) is 12.8. The summed E-state index contributed by atoms with van der Waals surface area (Å²) in [5.41, 5.74) is 1.95. The molecule has 0 bridgehead atoms. The molecule has 1 aliphatic rings. The van der Waals surface area contributed by atoms with Gasteiger partial charge >= 0.3 is 0 Å². The van der Waals surface area contributed by atoms with Crippen molar-refractivity contribution in [3.8, 4) is 5.75 Å². The first-order valence-electron chi connectivity index (χ1n) is 9.94. The van der Waals surface area contributed by atoms with E-state index in [1.54, 1.807) is 19.2 Å². The molecule has 8 heteroatoms. The highest BCUT2D eigenvalue weighted by Gasteiger charge is 2.24. The van der Waals surface area contributed by atoms with Crippen LogP contribution < -0.4 is 9.46 Å². The molecule has 1 aliphatic heterocycles. The number of piperidine rings is 1. The van der Waals surface area contributed by atoms with Crippen LogP contribution in [0.3, 0.4) is 0 Å². The number of hydrogen-bond acceptors (Lipinski definition) is 4. The maximum atomic E-state index is 12.9. The number of ether oxygens (including phenoxy) is 1. The molecule has 0 aromatic heterocycles. The molecule has 0 radical (unpaired) electrons. The Hall–Kier alpha value is -2.25. The highest BCUT2D eigenvalue weighted by Crippen LogP contribution is 2.27. The average Bonchev–Trinajstić information content (AvgIpc) is 2.73. The van der Waals surface area contributed by atoms with Gasteiger partial charge in [-0.2, -0.15) is 0 Å². The highest BCUT2D eigenvalue weighted by molar-refractivity contribution is 7.92. The first-order valence-corrected chi connectivity index (χ1v) is 12.2. The fraction of sp³-hybridized carbons (Fsp3) is 0.409. The zero-order chi connectivity index (χ0) is 21.7. The van der Waals surface area contributed by atoms with E-state index in [9.17, 15) is 13.2 Å². The van der Waals surface area contributed by atoms with E-state index in [-0.39, 0.29) is 16.6 Å². The van der Waals surface area contributed by atoms with Gasteiger partial charge in [-0.1, -0.05) is 23.7 Å². The van der Waals surface area contributed by atoms with Crippen LogP contribution >= 0.6 is 11.6 Å². The van der Waals surface area contributed by atoms with E-state index in [0.717, 1.165) is 37.7 Å². The molecule has 30 heavy (non-hydrogen) atoms. The fourth-order valence-electron chi connectivity index (χ4n) is 3.71. The number of nitrogens with one attached hydrogen (secondary N) is 1. The molecule has 0 saturated carbocycles. The summed E-state index contributed by atoms with van der Waals surface area (Å²) in [4.78, 5) is 14.7. The molecule has 2 aromatic carbocycles. The predicted molar refractivity (Wildman–Crippen MR) is 120 cm³/mol. The van der Waals surface area contributed by atoms with E-state index < -0.39 is 10.0 Å². The van der Waals surface area contributed by atoms with Gasteiger partial charge in [0, 0.05) is 18.7 Å². The number of carbonyl (C=O) groups is 1. The van der Waals surface area contributed by atoms with Gasteiger partial charge in [-0.15, -0.1) is 0 Å². The van der Waals surface area contributed by atoms with E-state index in [1.807, 2.05) is 17.0 Å². The van der Waals surface area contributed by atoms with Crippen molar-refractivity contribution in [2.45, 2.75) is 25.7 Å². The van der Waals surface area contributed by atoms with Gasteiger partial charge in [-0.05, 0) is 67.5 Å². The number of aryl methyl sites for hydroxylation is 1. The highest BCUT2D eigenvalue weighted by atomic mass is 35.5. The van der Waals surface area contributed by atoms with E-state index in [0.29, 0.717) is 24.6 Å². The lowest BCUT2D eigenvalue weighted by Crippen LogP contribution is -2.38. The van der Waals surface area contributed by atoms with Gasteiger partial charge in [0.25, 0.3) is 5.91 Å². The van der Waals surface area contributed by atoms with Gasteiger partial charge in [0.1, 0.15) is 5.75 Å². The number of rotatable bonds is 7. The number of benzene rings is 2. The molecule has 0 unspecified atom stereocenters. The molecule has 1 N–H and O–H groups in total. The lowest BCUT2D eigenvalue weighted by atomic mass is 9.90. The second-order valence-corrected chi connectivity index (χ2v) is 9.85. The van der Waals surface area contributed by atoms with E-state index in [4.69, 9.17) is 16.3 Å². The third-order valence-corrected chi connectivity index (χ3v) is 6.33. The van der Waals surface area contributed by atoms with Crippen LogP contribution in [0.25, 0.3) is 0 Å². The van der Waals surface area contributed by atoms with Gasteiger partial charge in [-0.25, -0.2) is 8.42 Å². The maximum Gasteiger partial charge on any atom is 0.253 e. The lowest BCUT2D eigenvalue weighted by molar-refractivity contribution is 0.0687. The SMILES string of the molecule is COc1ccc(CCC2CCN(C(=O)c3ccc(Cl)c(NS(C)(=O)=O)c3)CC2)cc1. The fourth-order valence-corrected chi connectivity index (χ4v) is 4.50. The van der Waals surface area contributed by atoms with Crippen molar-refractivity contribution in [1.29, 1.82) is 0 Å². The molecular weight excluding hydrogens is 424 g/mol. The second kappa shape index (κ2) is 9.71. The van der Waals surface area contributed by atoms with Crippen molar-refractivity contribution < 1.29 is 17.9 Å². The molecule has 1 heterocycles. The van der Waals surface area contributed by atoms with Crippen LogP contribution in [0.4, 0.5) is 5.69 Å². The van der Waals surface area contributed by atoms with E-state index in [1.165, 1.54) is 11.6 Å². The Labute approximate surface area is 183 Å². The van der Waals surface area contributed by atoms with Crippen molar-refractivity contribution in [3.63, 3.8) is 0 Å². The monoisotopic (exact) mass is 450 g/mol. The Morgan fingerprint density at radius 2 is 1.83 bits per heavy atom. The summed E-state index contributed by atoms with van der Waals surface area (Å²) >= 11 is 6.06. The number of methoxy groups -OCH3 is 1. The van der Waals surface area contributed by atoms with Crippen molar-refractivity contribution >= 4 is 33.2 Å². The van der Waals surface area contributed by atoms with Crippen LogP contribution in [0.1, 0.15) is 35.2 Å². The zero-order valence-electron chi connectivity index (χ0n) is 17.2. The minimum absolute atomic E-state index is 0.100. The van der Waals surface area contributed by atoms with Gasteiger partial charge in [0.2, 0.25) is 10.0 Å². The average molecular weight is 451 g/mol. The van der Waals surface area contributed by atoms with Gasteiger partial charge in [-0.3, -0.25) is 9.52 Å². The van der Waals surface area contributed by atoms with Crippen LogP contribution in [0.5, 0.6) is 5.75 Å². The Morgan fingerprint density at radius 1 is 1.17 bits per heavy atom. The van der Waals surface area contributed by atoms with Crippen molar-refractivity contribution in [1.82, 2.24) is 4.90 Å². The minimum atomic E-state index is -3.47. The molecule has 0 aliphatic carbocycles. The molecule has 6 nitrogen and oxygen atoms in total. The van der Waals surface area contributed by atoms with Crippen LogP contribution in [0.15, 0.2) is 42.5 Å². The largest absolute Gasteiger partial charge is 0.497 e. The smallest absolute Gasteiger partial charge is 0.253 e. The van der Waals surface area contributed by atoms with E-state index in [2.05, 4.69) is 16.9 Å². The number of nitrogens with zero attached hydrogens (tertiary/aromatic N) is 1. The van der Waals surface area contributed by atoms with Crippen molar-refractivity contribution in [2.75, 3.05) is 31.2 Å². The van der Waals surface area contributed by atoms with Gasteiger partial charge < -0.3 is 9.64 Å². The Morgan fingerprint density at radius 3 is 2.43 bits per heavy atom. The summed E-state index contributed by atoms with van der Waals surface area (Å²) in [6.45, 7) is 1.40. The molecule has 3 rings (SSSR count). The van der Waals surface area contributed by atoms with Crippen molar-refractivity contribution in [3.05, 3.63) is 58.6 Å². The third kappa shape index (κ3) is 6.12. The molecule has 0 atom stereocenters. The summed E-state index contributed by atoms with van der Waals surface area (Å²) in [5.74, 6) is 1.35. The van der Waals surface area contributed by atoms with Crippen LogP contribution in [-0.4, -0.2) is 45.7 Å². The van der Waals surface area contributed by atoms with Gasteiger partial charge in [0.15, 0.2) is 0 Å². The van der Waals surface area contributed by atoms with E-state index >= 15 is 0 Å². The number of amides is 1. The number of halogens is 1. The van der Waals surface area contributed by atoms with Crippen molar-refractivity contribution in [2.24, 2.45) is 5.92 Å². The molecule has 162 valence electrons. The normalized spacial score (nSPS) is 15.1. The minimum Gasteiger partial charge on any atom is -0.497 e. The molecule has 1 amide bonds. The van der Waals surface area contributed by atoms with Gasteiger partial charge in [0.05, 0.1) is 24.1 Å². The number of sulfonamides is 1. The quantitative estimate of drug-likeness (QED) is 0.685. The number of hydrogen-bond donors (Lipinski definition) is 1. The molecular formula is C22H27ClN2O4S. The second-order valence-electron chi connectivity index (χ2n) is 7.69. The standard InChI is InChI=1S/C22H27ClN2O4S/c1-29-19-8-5-16(6-9-19)3-4-17-11-13-25(14-12-17)22(26)18-7-10-20(23)21(15-18)24-30(2,27)28/h5-10,15,17,24H,3-4,11-14H2,1-2H3. The lowest BCUT2D eigenvalue weighted by Gasteiger charge is -2.32. The Bertz CT molecular complexity index is 985. The summed E-state index contributed by atoms with van der Waals surface area (Å²) < 4.78 is 30.5. The number of carbonyl (C=O) groups excluding carboxylic acids is 1. The van der Waals surface area contributed by atoms with Crippen LogP contribution in [0, 0.1) is 5.92 Å². The molecule has 0 spiro atoms. The third-order valence-electron chi connectivity index (χ3n) is 5.41. The first-order chi connectivity index (χ1) is 14.2. The molecule has 1 fully saturated rings. The van der Waals surface area contributed by atoms with Crippen LogP contribution in [-0.2, 0) is 16.4 Å². The maximum absolute atomic E-state index is 12.9. The summed E-state index contributed by atoms with van der Waals surface area (Å²) in [7, 11) is -1.81. The molecule has 2 aromatic rings. The predicted octanol–water partition coefficient (Wildman–Crippen LogP) is 4.21. The zero-order valence-corrected chi connectivity index (χ0v) is 18.8. The summed E-state index contributed by atoms with van der Waals surface area (Å²) in [6.07, 6.45) is 5.08. The topological polar surface area (TPSA) is 75.7 Å².